The second-order valence-corrected chi connectivity index (χ2v) is 8.65. The molecule has 0 bridgehead atoms. The Kier molecular flexibility index (Phi) is 11.5. The molecule has 1 aromatic rings. The number of guanidine groups is 1. The summed E-state index contributed by atoms with van der Waals surface area (Å²) in [6.07, 6.45) is 7.82. The highest BCUT2D eigenvalue weighted by Gasteiger charge is 2.41. The molecule has 2 aliphatic rings. The van der Waals surface area contributed by atoms with Crippen LogP contribution < -0.4 is 10.6 Å². The van der Waals surface area contributed by atoms with Crippen LogP contribution in [0.25, 0.3) is 0 Å². The van der Waals surface area contributed by atoms with Gasteiger partial charge in [0, 0.05) is 32.8 Å². The predicted molar refractivity (Wildman–Crippen MR) is 137 cm³/mol. The smallest absolute Gasteiger partial charge is 0.191 e. The normalized spacial score (nSPS) is 18.5. The van der Waals surface area contributed by atoms with Crippen molar-refractivity contribution < 1.29 is 4.74 Å². The Labute approximate surface area is 200 Å². The van der Waals surface area contributed by atoms with E-state index < -0.39 is 0 Å². The van der Waals surface area contributed by atoms with Crippen LogP contribution in [-0.4, -0.2) is 50.3 Å². The van der Waals surface area contributed by atoms with E-state index in [2.05, 4.69) is 53.6 Å². The minimum atomic E-state index is 0. The molecule has 0 unspecified atom stereocenters. The maximum absolute atomic E-state index is 5.55. The van der Waals surface area contributed by atoms with Gasteiger partial charge in [-0.05, 0) is 75.6 Å². The largest absolute Gasteiger partial charge is 0.382 e. The molecule has 6 heteroatoms. The lowest BCUT2D eigenvalue weighted by atomic mass is 10.0. The zero-order chi connectivity index (χ0) is 20.4. The molecule has 1 saturated carbocycles. The standard InChI is InChI=1S/C24H40N4O.HI/c1-3-25-23(27-20-24(12-13-24)14-17-29-4-2)26-18-21-8-10-22(11-9-21)19-28-15-6-5-7-16-28;/h8-11H,3-7,12-20H2,1-2H3,(H2,25,26,27);1H. The minimum Gasteiger partial charge on any atom is -0.382 e. The van der Waals surface area contributed by atoms with Crippen molar-refractivity contribution >= 4 is 29.9 Å². The van der Waals surface area contributed by atoms with Crippen LogP contribution in [0.15, 0.2) is 29.3 Å². The zero-order valence-corrected chi connectivity index (χ0v) is 21.3. The van der Waals surface area contributed by atoms with E-state index in [1.807, 2.05) is 0 Å². The molecule has 5 nitrogen and oxygen atoms in total. The van der Waals surface area contributed by atoms with Crippen LogP contribution in [0.3, 0.4) is 0 Å². The van der Waals surface area contributed by atoms with Crippen LogP contribution in [-0.2, 0) is 17.8 Å². The molecule has 0 aromatic heterocycles. The molecule has 2 fully saturated rings. The molecular formula is C24H41IN4O. The number of rotatable bonds is 11. The van der Waals surface area contributed by atoms with E-state index in [0.717, 1.165) is 45.2 Å². The summed E-state index contributed by atoms with van der Waals surface area (Å²) in [6.45, 7) is 12.0. The maximum atomic E-state index is 5.55. The molecule has 2 N–H and O–H groups in total. The molecule has 1 aromatic carbocycles. The summed E-state index contributed by atoms with van der Waals surface area (Å²) in [5, 5.41) is 6.95. The van der Waals surface area contributed by atoms with Crippen molar-refractivity contribution in [2.45, 2.75) is 65.5 Å². The van der Waals surface area contributed by atoms with Crippen LogP contribution in [0.1, 0.15) is 63.5 Å². The molecule has 0 radical (unpaired) electrons. The van der Waals surface area contributed by atoms with Crippen molar-refractivity contribution in [2.75, 3.05) is 39.4 Å². The van der Waals surface area contributed by atoms with Crippen LogP contribution in [0, 0.1) is 5.41 Å². The van der Waals surface area contributed by atoms with Crippen molar-refractivity contribution in [3.8, 4) is 0 Å². The number of nitrogens with one attached hydrogen (secondary N) is 2. The summed E-state index contributed by atoms with van der Waals surface area (Å²) in [5.41, 5.74) is 3.10. The summed E-state index contributed by atoms with van der Waals surface area (Å²) in [6, 6.07) is 9.01. The van der Waals surface area contributed by atoms with Crippen LogP contribution >= 0.6 is 24.0 Å². The second kappa shape index (κ2) is 13.5. The van der Waals surface area contributed by atoms with E-state index in [4.69, 9.17) is 9.73 Å². The van der Waals surface area contributed by atoms with E-state index in [1.165, 1.54) is 56.3 Å². The number of hydrogen-bond donors (Lipinski definition) is 2. The lowest BCUT2D eigenvalue weighted by Crippen LogP contribution is -2.40. The monoisotopic (exact) mass is 528 g/mol. The van der Waals surface area contributed by atoms with E-state index >= 15 is 0 Å². The van der Waals surface area contributed by atoms with Crippen molar-refractivity contribution in [1.29, 1.82) is 0 Å². The number of likely N-dealkylation sites (tertiary alicyclic amines) is 1. The Morgan fingerprint density at radius 3 is 2.37 bits per heavy atom. The molecule has 30 heavy (non-hydrogen) atoms. The fourth-order valence-corrected chi connectivity index (χ4v) is 4.03. The molecule has 0 atom stereocenters. The Morgan fingerprint density at radius 2 is 1.73 bits per heavy atom. The van der Waals surface area contributed by atoms with Gasteiger partial charge >= 0.3 is 0 Å². The molecule has 1 saturated heterocycles. The number of ether oxygens (including phenoxy) is 1. The molecule has 1 aliphatic carbocycles. The highest BCUT2D eigenvalue weighted by Crippen LogP contribution is 2.48. The van der Waals surface area contributed by atoms with E-state index in [0.29, 0.717) is 12.0 Å². The zero-order valence-electron chi connectivity index (χ0n) is 18.9. The molecule has 3 rings (SSSR count). The lowest BCUT2D eigenvalue weighted by Gasteiger charge is -2.26. The predicted octanol–water partition coefficient (Wildman–Crippen LogP) is 4.55. The first-order valence-electron chi connectivity index (χ1n) is 11.6. The van der Waals surface area contributed by atoms with Gasteiger partial charge in [0.15, 0.2) is 5.96 Å². The SMILES string of the molecule is CCNC(=NCc1ccc(CN2CCCCC2)cc1)NCC1(CCOCC)CC1.I. The van der Waals surface area contributed by atoms with Gasteiger partial charge in [-0.3, -0.25) is 4.90 Å². The van der Waals surface area contributed by atoms with Gasteiger partial charge in [0.1, 0.15) is 0 Å². The molecule has 170 valence electrons. The maximum Gasteiger partial charge on any atom is 0.191 e. The van der Waals surface area contributed by atoms with Gasteiger partial charge in [0.05, 0.1) is 6.54 Å². The highest BCUT2D eigenvalue weighted by molar-refractivity contribution is 14.0. The van der Waals surface area contributed by atoms with Gasteiger partial charge in [-0.15, -0.1) is 24.0 Å². The first kappa shape index (κ1) is 25.4. The summed E-state index contributed by atoms with van der Waals surface area (Å²) >= 11 is 0. The summed E-state index contributed by atoms with van der Waals surface area (Å²) in [4.78, 5) is 7.38. The van der Waals surface area contributed by atoms with E-state index in [9.17, 15) is 0 Å². The number of halogens is 1. The molecular weight excluding hydrogens is 487 g/mol. The summed E-state index contributed by atoms with van der Waals surface area (Å²) < 4.78 is 5.55. The van der Waals surface area contributed by atoms with Gasteiger partial charge in [-0.1, -0.05) is 30.7 Å². The lowest BCUT2D eigenvalue weighted by molar-refractivity contribution is 0.128. The molecule has 0 spiro atoms. The van der Waals surface area contributed by atoms with Gasteiger partial charge in [-0.2, -0.15) is 0 Å². The third-order valence-electron chi connectivity index (χ3n) is 6.21. The number of piperidine rings is 1. The Hall–Kier alpha value is -0.860. The van der Waals surface area contributed by atoms with Crippen molar-refractivity contribution in [1.82, 2.24) is 15.5 Å². The third kappa shape index (κ3) is 8.71. The minimum absolute atomic E-state index is 0. The van der Waals surface area contributed by atoms with Crippen LogP contribution in [0.2, 0.25) is 0 Å². The van der Waals surface area contributed by atoms with Gasteiger partial charge < -0.3 is 15.4 Å². The molecule has 1 aliphatic heterocycles. The van der Waals surface area contributed by atoms with E-state index in [1.54, 1.807) is 0 Å². The highest BCUT2D eigenvalue weighted by atomic mass is 127. The Morgan fingerprint density at radius 1 is 1.03 bits per heavy atom. The second-order valence-electron chi connectivity index (χ2n) is 8.65. The topological polar surface area (TPSA) is 48.9 Å². The number of aliphatic imine (C=N–C) groups is 1. The average Bonchev–Trinajstić information content (AvgIpc) is 3.52. The Balaban J connectivity index is 0.00000320. The first-order valence-corrected chi connectivity index (χ1v) is 11.6. The van der Waals surface area contributed by atoms with Crippen LogP contribution in [0.5, 0.6) is 0 Å². The molecule has 1 heterocycles. The number of hydrogen-bond acceptors (Lipinski definition) is 3. The van der Waals surface area contributed by atoms with Crippen molar-refractivity contribution in [2.24, 2.45) is 10.4 Å². The Bertz CT molecular complexity index is 625. The molecule has 0 amide bonds. The van der Waals surface area contributed by atoms with Gasteiger partial charge in [-0.25, -0.2) is 4.99 Å². The average molecular weight is 529 g/mol. The fraction of sp³-hybridized carbons (Fsp3) is 0.708. The number of nitrogens with zero attached hydrogens (tertiary/aromatic N) is 2. The fourth-order valence-electron chi connectivity index (χ4n) is 4.03. The van der Waals surface area contributed by atoms with Gasteiger partial charge in [0.2, 0.25) is 0 Å². The summed E-state index contributed by atoms with van der Waals surface area (Å²) in [7, 11) is 0. The van der Waals surface area contributed by atoms with Crippen molar-refractivity contribution in [3.63, 3.8) is 0 Å². The number of benzene rings is 1. The van der Waals surface area contributed by atoms with Gasteiger partial charge in [0.25, 0.3) is 0 Å². The van der Waals surface area contributed by atoms with E-state index in [-0.39, 0.29) is 24.0 Å². The van der Waals surface area contributed by atoms with Crippen molar-refractivity contribution in [3.05, 3.63) is 35.4 Å². The summed E-state index contributed by atoms with van der Waals surface area (Å²) in [5.74, 6) is 0.924. The van der Waals surface area contributed by atoms with Crippen LogP contribution in [0.4, 0.5) is 0 Å². The first-order chi connectivity index (χ1) is 14.2. The quantitative estimate of drug-likeness (QED) is 0.192. The third-order valence-corrected chi connectivity index (χ3v) is 6.21.